The molecule has 1 heterocycles. The van der Waals surface area contributed by atoms with E-state index in [9.17, 15) is 0 Å². The van der Waals surface area contributed by atoms with E-state index in [1.165, 1.54) is 32.1 Å². The lowest BCUT2D eigenvalue weighted by atomic mass is 9.93. The summed E-state index contributed by atoms with van der Waals surface area (Å²) < 4.78 is 11.6. The van der Waals surface area contributed by atoms with Gasteiger partial charge in [0.2, 0.25) is 9.76 Å². The van der Waals surface area contributed by atoms with Crippen LogP contribution in [-0.2, 0) is 4.43 Å². The van der Waals surface area contributed by atoms with Crippen LogP contribution in [0.1, 0.15) is 46.0 Å². The molecule has 0 N–H and O–H groups in total. The van der Waals surface area contributed by atoms with Crippen LogP contribution < -0.4 is 5.38 Å². The average Bonchev–Trinajstić information content (AvgIpc) is 2.96. The molecule has 2 nitrogen and oxygen atoms in total. The summed E-state index contributed by atoms with van der Waals surface area (Å²) in [5.41, 5.74) is 0. The molecule has 1 aliphatic carbocycles. The maximum absolute atomic E-state index is 6.23. The fraction of sp³-hybridized carbons (Fsp3) is 0.714. The molecule has 0 spiro atoms. The van der Waals surface area contributed by atoms with Gasteiger partial charge in [-0.3, -0.25) is 0 Å². The number of rotatable bonds is 6. The van der Waals surface area contributed by atoms with E-state index in [1.807, 2.05) is 12.1 Å². The first-order valence-electron chi connectivity index (χ1n) is 6.89. The molecule has 0 aromatic carbocycles. The molecule has 3 heteroatoms. The summed E-state index contributed by atoms with van der Waals surface area (Å²) in [4.78, 5) is 0. The van der Waals surface area contributed by atoms with E-state index in [0.29, 0.717) is 6.10 Å². The molecule has 0 bridgehead atoms. The largest absolute Gasteiger partial charge is 0.472 e. The van der Waals surface area contributed by atoms with Crippen LogP contribution in [0.2, 0.25) is 0 Å². The molecule has 0 radical (unpaired) electrons. The van der Waals surface area contributed by atoms with Crippen molar-refractivity contribution in [1.82, 2.24) is 0 Å². The van der Waals surface area contributed by atoms with Gasteiger partial charge in [-0.25, -0.2) is 0 Å². The minimum Gasteiger partial charge on any atom is -0.472 e. The summed E-state index contributed by atoms with van der Waals surface area (Å²) in [6, 6.07) is 4.01. The summed E-state index contributed by atoms with van der Waals surface area (Å²) in [6.07, 6.45) is 8.95. The van der Waals surface area contributed by atoms with Gasteiger partial charge in [-0.1, -0.05) is 26.7 Å². The van der Waals surface area contributed by atoms with E-state index < -0.39 is 9.76 Å². The molecule has 96 valence electrons. The summed E-state index contributed by atoms with van der Waals surface area (Å²) in [5, 5.41) is 1.08. The van der Waals surface area contributed by atoms with Crippen LogP contribution in [0.4, 0.5) is 0 Å². The van der Waals surface area contributed by atoms with Gasteiger partial charge in [-0.05, 0) is 43.2 Å². The lowest BCUT2D eigenvalue weighted by molar-refractivity contribution is 0.120. The zero-order valence-electron chi connectivity index (χ0n) is 11.0. The van der Waals surface area contributed by atoms with Gasteiger partial charge < -0.3 is 8.84 Å². The molecule has 1 aromatic heterocycles. The van der Waals surface area contributed by atoms with Crippen molar-refractivity contribution in [2.45, 2.75) is 52.1 Å². The minimum absolute atomic E-state index is 0.481. The Morgan fingerprint density at radius 1 is 1.41 bits per heavy atom. The van der Waals surface area contributed by atoms with Crippen molar-refractivity contribution in [3.63, 3.8) is 0 Å². The topological polar surface area (TPSA) is 22.4 Å². The predicted molar refractivity (Wildman–Crippen MR) is 73.2 cm³/mol. The second-order valence-electron chi connectivity index (χ2n) is 5.60. The maximum Gasteiger partial charge on any atom is 0.234 e. The monoisotopic (exact) mass is 252 g/mol. The van der Waals surface area contributed by atoms with Crippen LogP contribution in [-0.4, -0.2) is 15.9 Å². The van der Waals surface area contributed by atoms with E-state index in [1.54, 1.807) is 6.26 Å². The molecule has 0 aliphatic heterocycles. The molecular weight excluding hydrogens is 228 g/mol. The Bertz CT molecular complexity index is 302. The molecule has 1 saturated carbocycles. The minimum atomic E-state index is -0.660. The highest BCUT2D eigenvalue weighted by atomic mass is 28.2. The van der Waals surface area contributed by atoms with E-state index in [4.69, 9.17) is 8.84 Å². The third kappa shape index (κ3) is 4.00. The van der Waals surface area contributed by atoms with Crippen LogP contribution in [0.5, 0.6) is 0 Å². The predicted octanol–water partition coefficient (Wildman–Crippen LogP) is 2.61. The highest BCUT2D eigenvalue weighted by molar-refractivity contribution is 6.45. The molecule has 0 saturated heterocycles. The smallest absolute Gasteiger partial charge is 0.234 e. The highest BCUT2D eigenvalue weighted by Gasteiger charge is 2.26. The Morgan fingerprint density at radius 3 is 2.76 bits per heavy atom. The van der Waals surface area contributed by atoms with Gasteiger partial charge in [0.05, 0.1) is 6.26 Å². The first-order chi connectivity index (χ1) is 8.25. The maximum atomic E-state index is 6.23. The number of furan rings is 1. The van der Waals surface area contributed by atoms with Crippen molar-refractivity contribution >= 4 is 15.1 Å². The van der Waals surface area contributed by atoms with Crippen LogP contribution in [0.25, 0.3) is 0 Å². The summed E-state index contributed by atoms with van der Waals surface area (Å²) in [5.74, 6) is 1.53. The second kappa shape index (κ2) is 6.41. The van der Waals surface area contributed by atoms with Crippen molar-refractivity contribution in [3.05, 3.63) is 18.4 Å². The normalized spacial score (nSPS) is 19.7. The van der Waals surface area contributed by atoms with Crippen LogP contribution >= 0.6 is 0 Å². The van der Waals surface area contributed by atoms with Gasteiger partial charge in [-0.15, -0.1) is 0 Å². The molecule has 1 atom stereocenters. The van der Waals surface area contributed by atoms with Crippen molar-refractivity contribution in [2.75, 3.05) is 0 Å². The highest BCUT2D eigenvalue weighted by Crippen LogP contribution is 2.31. The summed E-state index contributed by atoms with van der Waals surface area (Å²) in [7, 11) is -0.660. The van der Waals surface area contributed by atoms with Crippen LogP contribution in [0.15, 0.2) is 22.8 Å². The van der Waals surface area contributed by atoms with Gasteiger partial charge >= 0.3 is 0 Å². The number of hydrogen-bond donors (Lipinski definition) is 0. The SMILES string of the molecule is CC(C)CC(O[SiH2]c1ccco1)C1CCCC1. The molecule has 2 rings (SSSR count). The van der Waals surface area contributed by atoms with E-state index in [2.05, 4.69) is 13.8 Å². The fourth-order valence-corrected chi connectivity index (χ4v) is 3.96. The van der Waals surface area contributed by atoms with Crippen LogP contribution in [0, 0.1) is 11.8 Å². The third-order valence-corrected chi connectivity index (χ3v) is 4.93. The van der Waals surface area contributed by atoms with E-state index in [-0.39, 0.29) is 0 Å². The van der Waals surface area contributed by atoms with Crippen molar-refractivity contribution in [2.24, 2.45) is 11.8 Å². The van der Waals surface area contributed by atoms with Gasteiger partial charge in [0.15, 0.2) is 0 Å². The Morgan fingerprint density at radius 2 is 2.18 bits per heavy atom. The Kier molecular flexibility index (Phi) is 4.86. The quantitative estimate of drug-likeness (QED) is 0.726. The first-order valence-corrected chi connectivity index (χ1v) is 8.18. The van der Waals surface area contributed by atoms with Gasteiger partial charge in [0, 0.05) is 6.10 Å². The molecule has 0 amide bonds. The Hall–Kier alpha value is -0.543. The van der Waals surface area contributed by atoms with Gasteiger partial charge in [0.25, 0.3) is 0 Å². The standard InChI is InChI=1S/C14H24O2Si/c1-11(2)10-13(12-6-3-4-7-12)16-17-14-8-5-9-15-14/h5,8-9,11-13H,3-4,6-7,10,17H2,1-2H3. The number of hydrogen-bond acceptors (Lipinski definition) is 2. The zero-order valence-corrected chi connectivity index (χ0v) is 12.4. The second-order valence-corrected chi connectivity index (χ2v) is 6.92. The lowest BCUT2D eigenvalue weighted by Gasteiger charge is -2.25. The summed E-state index contributed by atoms with van der Waals surface area (Å²) in [6.45, 7) is 4.58. The van der Waals surface area contributed by atoms with Gasteiger partial charge in [0.1, 0.15) is 5.38 Å². The van der Waals surface area contributed by atoms with Crippen molar-refractivity contribution in [1.29, 1.82) is 0 Å². The summed E-state index contributed by atoms with van der Waals surface area (Å²) >= 11 is 0. The fourth-order valence-electron chi connectivity index (χ4n) is 2.77. The van der Waals surface area contributed by atoms with Crippen LogP contribution in [0.3, 0.4) is 0 Å². The molecule has 1 aliphatic rings. The third-order valence-electron chi connectivity index (χ3n) is 3.65. The Balaban J connectivity index is 1.85. The average molecular weight is 252 g/mol. The van der Waals surface area contributed by atoms with Crippen molar-refractivity contribution < 1.29 is 8.84 Å². The van der Waals surface area contributed by atoms with E-state index in [0.717, 1.165) is 17.2 Å². The molecular formula is C14H24O2Si. The van der Waals surface area contributed by atoms with E-state index >= 15 is 0 Å². The lowest BCUT2D eigenvalue weighted by Crippen LogP contribution is -2.29. The Labute approximate surface area is 107 Å². The first kappa shape index (κ1) is 12.9. The van der Waals surface area contributed by atoms with Gasteiger partial charge in [-0.2, -0.15) is 0 Å². The molecule has 1 unspecified atom stereocenters. The molecule has 1 fully saturated rings. The molecule has 17 heavy (non-hydrogen) atoms. The molecule has 1 aromatic rings. The zero-order chi connectivity index (χ0) is 12.1. The van der Waals surface area contributed by atoms with Crippen molar-refractivity contribution in [3.8, 4) is 0 Å².